The van der Waals surface area contributed by atoms with E-state index >= 15 is 0 Å². The largest absolute Gasteiger partial charge is 0.389 e. The molecule has 1 atom stereocenters. The summed E-state index contributed by atoms with van der Waals surface area (Å²) < 4.78 is 5.43. The molecule has 1 amide bonds. The Morgan fingerprint density at radius 2 is 2.39 bits per heavy atom. The zero-order chi connectivity index (χ0) is 16.5. The van der Waals surface area contributed by atoms with E-state index in [-0.39, 0.29) is 17.6 Å². The second-order valence-electron chi connectivity index (χ2n) is 5.35. The first-order valence-electron chi connectivity index (χ1n) is 7.67. The third kappa shape index (κ3) is 5.93. The molecule has 0 spiro atoms. The molecule has 2 rings (SSSR count). The molecule has 5 nitrogen and oxygen atoms in total. The molecule has 1 heterocycles. The van der Waals surface area contributed by atoms with Crippen molar-refractivity contribution in [3.63, 3.8) is 0 Å². The molecule has 122 valence electrons. The lowest BCUT2D eigenvalue weighted by Gasteiger charge is -2.10. The zero-order valence-electron chi connectivity index (χ0n) is 12.8. The molecule has 6 heteroatoms. The number of nitriles is 1. The van der Waals surface area contributed by atoms with Gasteiger partial charge in [0.05, 0.1) is 6.10 Å². The average molecular weight is 334 g/mol. The second kappa shape index (κ2) is 9.19. The van der Waals surface area contributed by atoms with Gasteiger partial charge in [0.1, 0.15) is 11.6 Å². The smallest absolute Gasteiger partial charge is 0.263 e. The van der Waals surface area contributed by atoms with Crippen LogP contribution < -0.4 is 10.6 Å². The number of carbonyl (C=O) groups excluding carboxylic acids is 1. The van der Waals surface area contributed by atoms with Crippen molar-refractivity contribution in [1.29, 1.82) is 5.26 Å². The van der Waals surface area contributed by atoms with E-state index < -0.39 is 0 Å². The van der Waals surface area contributed by atoms with Crippen LogP contribution in [0, 0.1) is 11.3 Å². The van der Waals surface area contributed by atoms with E-state index in [9.17, 15) is 4.79 Å². The maximum absolute atomic E-state index is 11.9. The Bertz CT molecular complexity index is 604. The van der Waals surface area contributed by atoms with Gasteiger partial charge in [-0.15, -0.1) is 0 Å². The molecular weight excluding hydrogens is 314 g/mol. The maximum Gasteiger partial charge on any atom is 0.263 e. The van der Waals surface area contributed by atoms with E-state index in [1.165, 1.54) is 6.20 Å². The van der Waals surface area contributed by atoms with Crippen molar-refractivity contribution >= 4 is 17.5 Å². The number of halogens is 1. The molecule has 1 fully saturated rings. The van der Waals surface area contributed by atoms with Gasteiger partial charge >= 0.3 is 0 Å². The quantitative estimate of drug-likeness (QED) is 0.455. The molecule has 0 radical (unpaired) electrons. The lowest BCUT2D eigenvalue weighted by molar-refractivity contribution is -0.117. The van der Waals surface area contributed by atoms with E-state index in [4.69, 9.17) is 21.6 Å². The van der Waals surface area contributed by atoms with Crippen LogP contribution in [0.3, 0.4) is 0 Å². The van der Waals surface area contributed by atoms with Crippen molar-refractivity contribution in [2.75, 3.05) is 19.7 Å². The fourth-order valence-electron chi connectivity index (χ4n) is 2.34. The lowest BCUT2D eigenvalue weighted by atomic mass is 10.1. The van der Waals surface area contributed by atoms with E-state index in [1.54, 1.807) is 0 Å². The van der Waals surface area contributed by atoms with Gasteiger partial charge in [-0.1, -0.05) is 23.7 Å². The van der Waals surface area contributed by atoms with Gasteiger partial charge in [0, 0.05) is 30.9 Å². The van der Waals surface area contributed by atoms with Crippen LogP contribution in [-0.2, 0) is 16.0 Å². The molecule has 1 aliphatic rings. The SMILES string of the molecule is N#C/C(=C/NCCc1cccc(Cl)c1)C(=O)NCC1CCCO1. The molecule has 0 aromatic heterocycles. The van der Waals surface area contributed by atoms with Crippen molar-refractivity contribution in [3.8, 4) is 6.07 Å². The first kappa shape index (κ1) is 17.3. The third-order valence-corrected chi connectivity index (χ3v) is 3.81. The van der Waals surface area contributed by atoms with Crippen molar-refractivity contribution in [3.05, 3.63) is 46.6 Å². The monoisotopic (exact) mass is 333 g/mol. The van der Waals surface area contributed by atoms with Gasteiger partial charge in [-0.3, -0.25) is 4.79 Å². The van der Waals surface area contributed by atoms with Crippen molar-refractivity contribution in [2.24, 2.45) is 0 Å². The minimum atomic E-state index is -0.377. The number of benzene rings is 1. The number of nitrogens with zero attached hydrogens (tertiary/aromatic N) is 1. The molecule has 2 N–H and O–H groups in total. The van der Waals surface area contributed by atoms with Gasteiger partial charge in [-0.2, -0.15) is 5.26 Å². The van der Waals surface area contributed by atoms with Crippen molar-refractivity contribution < 1.29 is 9.53 Å². The van der Waals surface area contributed by atoms with Crippen LogP contribution >= 0.6 is 11.6 Å². The number of rotatable bonds is 7. The molecule has 1 saturated heterocycles. The van der Waals surface area contributed by atoms with Crippen LogP contribution in [0.25, 0.3) is 0 Å². The highest BCUT2D eigenvalue weighted by molar-refractivity contribution is 6.30. The first-order valence-corrected chi connectivity index (χ1v) is 8.04. The molecule has 23 heavy (non-hydrogen) atoms. The Labute approximate surface area is 141 Å². The Balaban J connectivity index is 1.74. The highest BCUT2D eigenvalue weighted by Gasteiger charge is 2.17. The van der Waals surface area contributed by atoms with Crippen LogP contribution in [0.5, 0.6) is 0 Å². The number of amides is 1. The summed E-state index contributed by atoms with van der Waals surface area (Å²) in [4.78, 5) is 11.9. The predicted octanol–water partition coefficient (Wildman–Crippen LogP) is 2.17. The summed E-state index contributed by atoms with van der Waals surface area (Å²) in [6, 6.07) is 9.51. The summed E-state index contributed by atoms with van der Waals surface area (Å²) in [6.07, 6.45) is 4.24. The van der Waals surface area contributed by atoms with Crippen LogP contribution in [0.1, 0.15) is 18.4 Å². The highest BCUT2D eigenvalue weighted by atomic mass is 35.5. The number of carbonyl (C=O) groups is 1. The van der Waals surface area contributed by atoms with E-state index in [0.29, 0.717) is 18.1 Å². The minimum Gasteiger partial charge on any atom is -0.389 e. The van der Waals surface area contributed by atoms with E-state index in [0.717, 1.165) is 31.4 Å². The first-order chi connectivity index (χ1) is 11.2. The minimum absolute atomic E-state index is 0.0640. The molecular formula is C17H20ClN3O2. The summed E-state index contributed by atoms with van der Waals surface area (Å²) in [7, 11) is 0. The third-order valence-electron chi connectivity index (χ3n) is 3.57. The van der Waals surface area contributed by atoms with Gasteiger partial charge < -0.3 is 15.4 Å². The second-order valence-corrected chi connectivity index (χ2v) is 5.79. The van der Waals surface area contributed by atoms with Crippen molar-refractivity contribution in [1.82, 2.24) is 10.6 Å². The summed E-state index contributed by atoms with van der Waals surface area (Å²) in [5.41, 5.74) is 1.16. The van der Waals surface area contributed by atoms with Gasteiger partial charge in [0.2, 0.25) is 0 Å². The van der Waals surface area contributed by atoms with Crippen LogP contribution in [0.4, 0.5) is 0 Å². The van der Waals surface area contributed by atoms with E-state index in [2.05, 4.69) is 10.6 Å². The van der Waals surface area contributed by atoms with Crippen molar-refractivity contribution in [2.45, 2.75) is 25.4 Å². The summed E-state index contributed by atoms with van der Waals surface area (Å²) >= 11 is 5.92. The number of hydrogen-bond donors (Lipinski definition) is 2. The van der Waals surface area contributed by atoms with Crippen LogP contribution in [0.15, 0.2) is 36.0 Å². The number of hydrogen-bond acceptors (Lipinski definition) is 4. The fraction of sp³-hybridized carbons (Fsp3) is 0.412. The van der Waals surface area contributed by atoms with Gasteiger partial charge in [-0.25, -0.2) is 0 Å². The molecule has 1 unspecified atom stereocenters. The summed E-state index contributed by atoms with van der Waals surface area (Å²) in [5.74, 6) is -0.377. The number of ether oxygens (including phenoxy) is 1. The Kier molecular flexibility index (Phi) is 6.92. The standard InChI is InChI=1S/C17H20ClN3O2/c18-15-4-1-3-13(9-15)6-7-20-11-14(10-19)17(22)21-12-16-5-2-8-23-16/h1,3-4,9,11,16,20H,2,5-8,12H2,(H,21,22)/b14-11-. The maximum atomic E-state index is 11.9. The summed E-state index contributed by atoms with van der Waals surface area (Å²) in [5, 5.41) is 15.5. The van der Waals surface area contributed by atoms with Crippen LogP contribution in [-0.4, -0.2) is 31.7 Å². The molecule has 0 saturated carbocycles. The molecule has 0 aliphatic carbocycles. The Hall–Kier alpha value is -2.03. The zero-order valence-corrected chi connectivity index (χ0v) is 13.6. The van der Waals surface area contributed by atoms with Gasteiger partial charge in [-0.05, 0) is 37.0 Å². The van der Waals surface area contributed by atoms with Crippen LogP contribution in [0.2, 0.25) is 5.02 Å². The summed E-state index contributed by atoms with van der Waals surface area (Å²) in [6.45, 7) is 1.80. The Morgan fingerprint density at radius 1 is 1.52 bits per heavy atom. The predicted molar refractivity (Wildman–Crippen MR) is 88.8 cm³/mol. The topological polar surface area (TPSA) is 74.2 Å². The molecule has 1 aliphatic heterocycles. The van der Waals surface area contributed by atoms with Gasteiger partial charge in [0.25, 0.3) is 5.91 Å². The van der Waals surface area contributed by atoms with E-state index in [1.807, 2.05) is 30.3 Å². The fourth-order valence-corrected chi connectivity index (χ4v) is 2.55. The molecule has 1 aromatic carbocycles. The lowest BCUT2D eigenvalue weighted by Crippen LogP contribution is -2.33. The molecule has 0 bridgehead atoms. The normalized spacial score (nSPS) is 17.6. The highest BCUT2D eigenvalue weighted by Crippen LogP contribution is 2.11. The average Bonchev–Trinajstić information content (AvgIpc) is 3.06. The Morgan fingerprint density at radius 3 is 3.09 bits per heavy atom. The van der Waals surface area contributed by atoms with Gasteiger partial charge in [0.15, 0.2) is 0 Å². The molecule has 1 aromatic rings. The number of nitrogens with one attached hydrogen (secondary N) is 2.